The number of hydrogen-bond acceptors (Lipinski definition) is 6. The average molecular weight is 376 g/mol. The Morgan fingerprint density at radius 3 is 2.74 bits per heavy atom. The maximum atomic E-state index is 13.6. The third kappa shape index (κ3) is 4.02. The van der Waals surface area contributed by atoms with Gasteiger partial charge in [0, 0.05) is 32.2 Å². The van der Waals surface area contributed by atoms with E-state index in [9.17, 15) is 9.59 Å². The lowest BCUT2D eigenvalue weighted by molar-refractivity contribution is -0.143. The molecular weight excluding hydrogens is 348 g/mol. The van der Waals surface area contributed by atoms with Gasteiger partial charge in [0.2, 0.25) is 5.91 Å². The molecular formula is C18H28N6O3. The standard InChI is InChI=1S/C18H28N6O3/c1-3-16(25)19-10-14-11-23(12-15(14)27-4-2)17(26)18(8-6-5-7-9-18)24-13-20-21-22-24/h3,13-15H,1,4-12H2,2H3,(H,19,25)/t14-,15-/m1/s1. The van der Waals surface area contributed by atoms with Crippen LogP contribution in [0, 0.1) is 5.92 Å². The maximum Gasteiger partial charge on any atom is 0.250 e. The van der Waals surface area contributed by atoms with Crippen LogP contribution in [-0.2, 0) is 19.9 Å². The Balaban J connectivity index is 1.76. The minimum absolute atomic E-state index is 0.0484. The number of ether oxygens (including phenoxy) is 1. The molecule has 27 heavy (non-hydrogen) atoms. The van der Waals surface area contributed by atoms with Crippen molar-refractivity contribution in [2.24, 2.45) is 5.92 Å². The molecule has 148 valence electrons. The highest BCUT2D eigenvalue weighted by molar-refractivity contribution is 5.87. The normalized spacial score (nSPS) is 24.6. The lowest BCUT2D eigenvalue weighted by atomic mass is 9.80. The van der Waals surface area contributed by atoms with Gasteiger partial charge in [-0.05, 0) is 36.3 Å². The molecule has 0 unspecified atom stereocenters. The van der Waals surface area contributed by atoms with Gasteiger partial charge in [-0.2, -0.15) is 0 Å². The number of nitrogens with one attached hydrogen (secondary N) is 1. The van der Waals surface area contributed by atoms with Crippen LogP contribution in [0.4, 0.5) is 0 Å². The number of carbonyl (C=O) groups excluding carboxylic acids is 2. The fourth-order valence-electron chi connectivity index (χ4n) is 4.24. The number of amides is 2. The molecule has 0 bridgehead atoms. The van der Waals surface area contributed by atoms with Crippen molar-refractivity contribution in [3.8, 4) is 0 Å². The molecule has 1 aromatic heterocycles. The van der Waals surface area contributed by atoms with Crippen LogP contribution in [-0.4, -0.2) is 69.3 Å². The lowest BCUT2D eigenvalue weighted by Crippen LogP contribution is -2.51. The van der Waals surface area contributed by atoms with Crippen molar-refractivity contribution >= 4 is 11.8 Å². The third-order valence-electron chi connectivity index (χ3n) is 5.64. The van der Waals surface area contributed by atoms with Crippen LogP contribution >= 0.6 is 0 Å². The second-order valence-corrected chi connectivity index (χ2v) is 7.26. The maximum absolute atomic E-state index is 13.6. The monoisotopic (exact) mass is 376 g/mol. The highest BCUT2D eigenvalue weighted by Crippen LogP contribution is 2.37. The largest absolute Gasteiger partial charge is 0.376 e. The number of aromatic nitrogens is 4. The van der Waals surface area contributed by atoms with E-state index < -0.39 is 5.54 Å². The lowest BCUT2D eigenvalue weighted by Gasteiger charge is -2.38. The van der Waals surface area contributed by atoms with Crippen molar-refractivity contribution in [1.29, 1.82) is 0 Å². The number of hydrogen-bond donors (Lipinski definition) is 1. The second kappa shape index (κ2) is 8.60. The molecule has 2 heterocycles. The van der Waals surface area contributed by atoms with Gasteiger partial charge in [-0.1, -0.05) is 25.8 Å². The molecule has 3 rings (SSSR count). The molecule has 2 fully saturated rings. The molecule has 1 saturated heterocycles. The van der Waals surface area contributed by atoms with E-state index in [4.69, 9.17) is 4.74 Å². The Morgan fingerprint density at radius 1 is 1.33 bits per heavy atom. The zero-order valence-electron chi connectivity index (χ0n) is 15.8. The number of tetrazole rings is 1. The van der Waals surface area contributed by atoms with Crippen molar-refractivity contribution in [1.82, 2.24) is 30.4 Å². The first-order valence-corrected chi connectivity index (χ1v) is 9.65. The van der Waals surface area contributed by atoms with Gasteiger partial charge in [0.15, 0.2) is 0 Å². The Morgan fingerprint density at radius 2 is 2.11 bits per heavy atom. The average Bonchev–Trinajstić information content (AvgIpc) is 3.37. The Labute approximate surface area is 159 Å². The number of nitrogens with zero attached hydrogens (tertiary/aromatic N) is 5. The first-order valence-electron chi connectivity index (χ1n) is 9.65. The molecule has 2 amide bonds. The minimum atomic E-state index is -0.711. The minimum Gasteiger partial charge on any atom is -0.376 e. The molecule has 1 aliphatic heterocycles. The highest BCUT2D eigenvalue weighted by atomic mass is 16.5. The SMILES string of the molecule is C=CC(=O)NC[C@@H]1CN(C(=O)C2(n3cnnn3)CCCCC2)C[C@H]1OCC. The van der Waals surface area contributed by atoms with Gasteiger partial charge in [0.1, 0.15) is 11.9 Å². The summed E-state index contributed by atoms with van der Waals surface area (Å²) in [5, 5.41) is 14.4. The zero-order chi connectivity index (χ0) is 19.3. The summed E-state index contributed by atoms with van der Waals surface area (Å²) in [5.41, 5.74) is -0.711. The summed E-state index contributed by atoms with van der Waals surface area (Å²) in [4.78, 5) is 26.9. The summed E-state index contributed by atoms with van der Waals surface area (Å²) < 4.78 is 7.49. The first-order chi connectivity index (χ1) is 13.1. The summed E-state index contributed by atoms with van der Waals surface area (Å²) in [6.45, 7) is 7.50. The quantitative estimate of drug-likeness (QED) is 0.695. The molecule has 1 saturated carbocycles. The molecule has 0 spiro atoms. The molecule has 2 atom stereocenters. The van der Waals surface area contributed by atoms with Gasteiger partial charge in [0.25, 0.3) is 5.91 Å². The van der Waals surface area contributed by atoms with Crippen molar-refractivity contribution in [3.63, 3.8) is 0 Å². The van der Waals surface area contributed by atoms with E-state index in [1.165, 1.54) is 6.08 Å². The predicted molar refractivity (Wildman–Crippen MR) is 97.6 cm³/mol. The van der Waals surface area contributed by atoms with Crippen LogP contribution in [0.15, 0.2) is 19.0 Å². The van der Waals surface area contributed by atoms with Crippen LogP contribution < -0.4 is 5.32 Å². The summed E-state index contributed by atoms with van der Waals surface area (Å²) in [6, 6.07) is 0. The van der Waals surface area contributed by atoms with Crippen molar-refractivity contribution < 1.29 is 14.3 Å². The van der Waals surface area contributed by atoms with Crippen LogP contribution in [0.2, 0.25) is 0 Å². The van der Waals surface area contributed by atoms with Gasteiger partial charge in [0.05, 0.1) is 6.10 Å². The van der Waals surface area contributed by atoms with Crippen molar-refractivity contribution in [2.75, 3.05) is 26.2 Å². The van der Waals surface area contributed by atoms with E-state index in [1.54, 1.807) is 11.0 Å². The number of likely N-dealkylation sites (tertiary alicyclic amines) is 1. The molecule has 1 aliphatic carbocycles. The zero-order valence-corrected chi connectivity index (χ0v) is 15.8. The smallest absolute Gasteiger partial charge is 0.250 e. The number of carbonyl (C=O) groups is 2. The van der Waals surface area contributed by atoms with Gasteiger partial charge < -0.3 is 15.0 Å². The van der Waals surface area contributed by atoms with E-state index >= 15 is 0 Å². The van der Waals surface area contributed by atoms with Crippen LogP contribution in [0.3, 0.4) is 0 Å². The summed E-state index contributed by atoms with van der Waals surface area (Å²) in [6.07, 6.45) is 7.26. The van der Waals surface area contributed by atoms with E-state index in [2.05, 4.69) is 27.4 Å². The summed E-state index contributed by atoms with van der Waals surface area (Å²) in [5.74, 6) is -0.114. The van der Waals surface area contributed by atoms with E-state index in [0.29, 0.717) is 26.2 Å². The molecule has 0 radical (unpaired) electrons. The third-order valence-corrected chi connectivity index (χ3v) is 5.64. The molecule has 9 nitrogen and oxygen atoms in total. The Kier molecular flexibility index (Phi) is 6.20. The second-order valence-electron chi connectivity index (χ2n) is 7.26. The van der Waals surface area contributed by atoms with E-state index in [-0.39, 0.29) is 23.8 Å². The van der Waals surface area contributed by atoms with Gasteiger partial charge in [-0.15, -0.1) is 5.10 Å². The molecule has 1 aromatic rings. The van der Waals surface area contributed by atoms with Crippen LogP contribution in [0.1, 0.15) is 39.0 Å². The highest BCUT2D eigenvalue weighted by Gasteiger charge is 2.48. The molecule has 1 N–H and O–H groups in total. The van der Waals surface area contributed by atoms with Crippen molar-refractivity contribution in [3.05, 3.63) is 19.0 Å². The Hall–Kier alpha value is -2.29. The van der Waals surface area contributed by atoms with E-state index in [1.807, 2.05) is 11.8 Å². The Bertz CT molecular complexity index is 656. The summed E-state index contributed by atoms with van der Waals surface area (Å²) >= 11 is 0. The summed E-state index contributed by atoms with van der Waals surface area (Å²) in [7, 11) is 0. The van der Waals surface area contributed by atoms with Crippen LogP contribution in [0.5, 0.6) is 0 Å². The van der Waals surface area contributed by atoms with Gasteiger partial charge in [-0.25, -0.2) is 4.68 Å². The first kappa shape index (κ1) is 19.5. The fraction of sp³-hybridized carbons (Fsp3) is 0.722. The van der Waals surface area contributed by atoms with Crippen LogP contribution in [0.25, 0.3) is 0 Å². The molecule has 9 heteroatoms. The number of rotatable bonds is 7. The predicted octanol–water partition coefficient (Wildman–Crippen LogP) is 0.498. The van der Waals surface area contributed by atoms with Gasteiger partial charge in [-0.3, -0.25) is 9.59 Å². The van der Waals surface area contributed by atoms with Crippen molar-refractivity contribution in [2.45, 2.75) is 50.7 Å². The van der Waals surface area contributed by atoms with E-state index in [0.717, 1.165) is 32.1 Å². The van der Waals surface area contributed by atoms with Gasteiger partial charge >= 0.3 is 0 Å². The fourth-order valence-corrected chi connectivity index (χ4v) is 4.24. The molecule has 0 aromatic carbocycles. The molecule has 2 aliphatic rings. The topological polar surface area (TPSA) is 102 Å².